The van der Waals surface area contributed by atoms with E-state index in [-0.39, 0.29) is 48.2 Å². The minimum Gasteiger partial charge on any atom is -0.350 e. The van der Waals surface area contributed by atoms with Gasteiger partial charge in [-0.3, -0.25) is 14.4 Å². The number of nitrogens with one attached hydrogen (secondary N) is 1. The molecule has 3 amide bonds. The lowest BCUT2D eigenvalue weighted by Crippen LogP contribution is -2.52. The van der Waals surface area contributed by atoms with Crippen molar-refractivity contribution >= 4 is 39.3 Å². The molecule has 0 radical (unpaired) electrons. The molecule has 35 heavy (non-hydrogen) atoms. The highest BCUT2D eigenvalue weighted by atomic mass is 35.5. The van der Waals surface area contributed by atoms with Gasteiger partial charge < -0.3 is 10.2 Å². The van der Waals surface area contributed by atoms with Crippen molar-refractivity contribution < 1.29 is 22.8 Å². The average Bonchev–Trinajstić information content (AvgIpc) is 2.97. The Balaban J connectivity index is 1.73. The molecule has 0 saturated carbocycles. The Bertz CT molecular complexity index is 1240. The Morgan fingerprint density at radius 3 is 2.34 bits per heavy atom. The van der Waals surface area contributed by atoms with Crippen LogP contribution >= 0.6 is 11.6 Å². The molecular weight excluding hydrogens is 490 g/mol. The molecule has 0 aromatic heterocycles. The number of rotatable bonds is 8. The smallest absolute Gasteiger partial charge is 0.269 e. The predicted octanol–water partition coefficient (Wildman–Crippen LogP) is 3.60. The van der Waals surface area contributed by atoms with Gasteiger partial charge in [0.05, 0.1) is 5.56 Å². The number of halogens is 1. The fourth-order valence-electron chi connectivity index (χ4n) is 3.84. The van der Waals surface area contributed by atoms with Crippen molar-refractivity contribution in [3.05, 3.63) is 64.7 Å². The molecule has 1 aliphatic heterocycles. The van der Waals surface area contributed by atoms with E-state index in [1.165, 1.54) is 17.0 Å². The fraction of sp³-hybridized carbons (Fsp3) is 0.400. The molecule has 1 N–H and O–H groups in total. The molecular formula is C25H30ClN3O5S. The maximum absolute atomic E-state index is 13.3. The number of sulfonamides is 1. The molecule has 0 saturated heterocycles. The largest absolute Gasteiger partial charge is 0.350 e. The van der Waals surface area contributed by atoms with Crippen molar-refractivity contribution in [2.45, 2.75) is 63.6 Å². The zero-order valence-electron chi connectivity index (χ0n) is 20.2. The summed E-state index contributed by atoms with van der Waals surface area (Å²) in [5, 5.41) is 3.36. The minimum absolute atomic E-state index is 0.0239. The van der Waals surface area contributed by atoms with Gasteiger partial charge in [-0.2, -0.15) is 0 Å². The molecule has 0 unspecified atom stereocenters. The van der Waals surface area contributed by atoms with Crippen LogP contribution in [0.15, 0.2) is 53.4 Å². The zero-order valence-corrected chi connectivity index (χ0v) is 21.8. The van der Waals surface area contributed by atoms with E-state index < -0.39 is 27.5 Å². The Labute approximate surface area is 211 Å². The summed E-state index contributed by atoms with van der Waals surface area (Å²) in [6, 6.07) is 12.3. The van der Waals surface area contributed by atoms with E-state index in [0.29, 0.717) is 10.6 Å². The maximum Gasteiger partial charge on any atom is 0.269 e. The standard InChI is InChI=1S/C25H30ClN3O5S/c1-17(23(31)27-25(2,3)4)28(16-18-10-5-7-12-20(18)26)22(30)14-9-15-29-24(32)19-11-6-8-13-21(19)35(29,33)34/h5-8,10-13,17H,9,14-16H2,1-4H3,(H,27,31)/t17-/m0/s1. The number of hydrogen-bond donors (Lipinski definition) is 1. The zero-order chi connectivity index (χ0) is 26.0. The van der Waals surface area contributed by atoms with Gasteiger partial charge in [0, 0.05) is 30.1 Å². The SMILES string of the molecule is C[C@@H](C(=O)NC(C)(C)C)N(Cc1ccccc1Cl)C(=O)CCCN1C(=O)c2ccccc2S1(=O)=O. The van der Waals surface area contributed by atoms with Crippen LogP contribution in [0.2, 0.25) is 5.02 Å². The first kappa shape index (κ1) is 26.7. The van der Waals surface area contributed by atoms with Gasteiger partial charge in [0.15, 0.2) is 0 Å². The van der Waals surface area contributed by atoms with Crippen LogP contribution in [0, 0.1) is 0 Å². The summed E-state index contributed by atoms with van der Waals surface area (Å²) in [4.78, 5) is 40.1. The van der Waals surface area contributed by atoms with Crippen LogP contribution in [0.5, 0.6) is 0 Å². The molecule has 0 fully saturated rings. The molecule has 2 aromatic rings. The second-order valence-corrected chi connectivity index (χ2v) is 11.7. The van der Waals surface area contributed by atoms with Gasteiger partial charge in [-0.25, -0.2) is 12.7 Å². The highest BCUT2D eigenvalue weighted by Crippen LogP contribution is 2.30. The Hall–Kier alpha value is -2.91. The Morgan fingerprint density at radius 2 is 1.71 bits per heavy atom. The molecule has 0 bridgehead atoms. The van der Waals surface area contributed by atoms with Crippen LogP contribution in [0.1, 0.15) is 56.5 Å². The van der Waals surface area contributed by atoms with Gasteiger partial charge in [0.2, 0.25) is 11.8 Å². The normalized spacial score (nSPS) is 15.5. The molecule has 10 heteroatoms. The van der Waals surface area contributed by atoms with Crippen molar-refractivity contribution in [1.82, 2.24) is 14.5 Å². The molecule has 3 rings (SSSR count). The van der Waals surface area contributed by atoms with Crippen molar-refractivity contribution in [3.8, 4) is 0 Å². The lowest BCUT2D eigenvalue weighted by molar-refractivity contribution is -0.141. The van der Waals surface area contributed by atoms with Crippen LogP contribution in [-0.2, 0) is 26.2 Å². The van der Waals surface area contributed by atoms with Crippen LogP contribution in [0.25, 0.3) is 0 Å². The number of carbonyl (C=O) groups excluding carboxylic acids is 3. The summed E-state index contributed by atoms with van der Waals surface area (Å²) in [5.74, 6) is -1.26. The van der Waals surface area contributed by atoms with E-state index in [9.17, 15) is 22.8 Å². The molecule has 8 nitrogen and oxygen atoms in total. The number of carbonyl (C=O) groups is 3. The summed E-state index contributed by atoms with van der Waals surface area (Å²) < 4.78 is 26.3. The van der Waals surface area contributed by atoms with Gasteiger partial charge >= 0.3 is 0 Å². The fourth-order valence-corrected chi connectivity index (χ4v) is 5.64. The minimum atomic E-state index is -3.94. The first-order chi connectivity index (χ1) is 16.3. The summed E-state index contributed by atoms with van der Waals surface area (Å²) in [7, 11) is -3.94. The highest BCUT2D eigenvalue weighted by molar-refractivity contribution is 7.90. The highest BCUT2D eigenvalue weighted by Gasteiger charge is 2.40. The molecule has 0 aliphatic carbocycles. The van der Waals surface area contributed by atoms with Gasteiger partial charge in [-0.15, -0.1) is 0 Å². The third-order valence-corrected chi connectivity index (χ3v) is 7.84. The molecule has 1 atom stereocenters. The summed E-state index contributed by atoms with van der Waals surface area (Å²) in [5.41, 5.74) is 0.335. The first-order valence-electron chi connectivity index (χ1n) is 11.3. The van der Waals surface area contributed by atoms with Gasteiger partial charge in [0.1, 0.15) is 10.9 Å². The molecule has 2 aromatic carbocycles. The Morgan fingerprint density at radius 1 is 1.09 bits per heavy atom. The van der Waals surface area contributed by atoms with Gasteiger partial charge in [-0.05, 0) is 57.9 Å². The van der Waals surface area contributed by atoms with E-state index in [0.717, 1.165) is 4.31 Å². The van der Waals surface area contributed by atoms with Crippen molar-refractivity contribution in [3.63, 3.8) is 0 Å². The van der Waals surface area contributed by atoms with E-state index in [2.05, 4.69) is 5.32 Å². The van der Waals surface area contributed by atoms with Crippen molar-refractivity contribution in [1.29, 1.82) is 0 Å². The van der Waals surface area contributed by atoms with E-state index in [1.54, 1.807) is 43.3 Å². The number of nitrogens with zero attached hydrogens (tertiary/aromatic N) is 2. The Kier molecular flexibility index (Phi) is 7.91. The molecule has 1 aliphatic rings. The van der Waals surface area contributed by atoms with E-state index in [1.807, 2.05) is 20.8 Å². The second-order valence-electron chi connectivity index (χ2n) is 9.51. The third-order valence-electron chi connectivity index (χ3n) is 5.63. The van der Waals surface area contributed by atoms with Crippen LogP contribution < -0.4 is 5.32 Å². The predicted molar refractivity (Wildman–Crippen MR) is 133 cm³/mol. The molecule has 0 spiro atoms. The third kappa shape index (κ3) is 6.02. The lowest BCUT2D eigenvalue weighted by Gasteiger charge is -2.32. The van der Waals surface area contributed by atoms with Crippen LogP contribution in [0.3, 0.4) is 0 Å². The average molecular weight is 520 g/mol. The van der Waals surface area contributed by atoms with E-state index in [4.69, 9.17) is 11.6 Å². The second kappa shape index (κ2) is 10.4. The number of benzene rings is 2. The lowest BCUT2D eigenvalue weighted by atomic mass is 10.1. The summed E-state index contributed by atoms with van der Waals surface area (Å²) in [6.07, 6.45) is 0.0671. The van der Waals surface area contributed by atoms with Crippen molar-refractivity contribution in [2.75, 3.05) is 6.54 Å². The van der Waals surface area contributed by atoms with Crippen LogP contribution in [-0.4, -0.2) is 53.5 Å². The van der Waals surface area contributed by atoms with Gasteiger partial charge in [-0.1, -0.05) is 41.9 Å². The monoisotopic (exact) mass is 519 g/mol. The maximum atomic E-state index is 13.3. The van der Waals surface area contributed by atoms with Gasteiger partial charge in [0.25, 0.3) is 15.9 Å². The number of hydrogen-bond acceptors (Lipinski definition) is 5. The number of fused-ring (bicyclic) bond motifs is 1. The molecule has 188 valence electrons. The van der Waals surface area contributed by atoms with E-state index >= 15 is 0 Å². The quantitative estimate of drug-likeness (QED) is 0.574. The summed E-state index contributed by atoms with van der Waals surface area (Å²) in [6.45, 7) is 7.17. The topological polar surface area (TPSA) is 104 Å². The van der Waals surface area contributed by atoms with Crippen molar-refractivity contribution in [2.24, 2.45) is 0 Å². The summed E-state index contributed by atoms with van der Waals surface area (Å²) >= 11 is 6.30. The van der Waals surface area contributed by atoms with Crippen LogP contribution in [0.4, 0.5) is 0 Å². The number of amides is 3. The molecule has 1 heterocycles. The first-order valence-corrected chi connectivity index (χ1v) is 13.2.